The van der Waals surface area contributed by atoms with E-state index >= 15 is 0 Å². The molecule has 1 aliphatic rings. The van der Waals surface area contributed by atoms with E-state index in [1.807, 2.05) is 0 Å². The molecule has 1 unspecified atom stereocenters. The molecule has 10 heavy (non-hydrogen) atoms. The molecule has 0 saturated heterocycles. The molecule has 0 spiro atoms. The van der Waals surface area contributed by atoms with Crippen LogP contribution in [0.3, 0.4) is 0 Å². The molecule has 1 aliphatic carbocycles. The van der Waals surface area contributed by atoms with Crippen LogP contribution in [0.25, 0.3) is 0 Å². The van der Waals surface area contributed by atoms with Gasteiger partial charge in [0.15, 0.2) is 0 Å². The van der Waals surface area contributed by atoms with Crippen LogP contribution >= 0.6 is 0 Å². The van der Waals surface area contributed by atoms with E-state index in [2.05, 4.69) is 6.92 Å². The van der Waals surface area contributed by atoms with Gasteiger partial charge in [0.2, 0.25) is 0 Å². The summed E-state index contributed by atoms with van der Waals surface area (Å²) >= 11 is 0. The second-order valence-electron chi connectivity index (χ2n) is 3.33. The average molecular weight is 142 g/mol. The summed E-state index contributed by atoms with van der Waals surface area (Å²) in [6, 6.07) is 0.729. The van der Waals surface area contributed by atoms with Crippen LogP contribution < -0.4 is 11.5 Å². The van der Waals surface area contributed by atoms with Gasteiger partial charge >= 0.3 is 0 Å². The Kier molecular flexibility index (Phi) is 2.69. The third kappa shape index (κ3) is 1.50. The highest BCUT2D eigenvalue weighted by molar-refractivity contribution is 4.86. The zero-order valence-corrected chi connectivity index (χ0v) is 6.72. The molecule has 2 nitrogen and oxygen atoms in total. The Bertz CT molecular complexity index is 103. The van der Waals surface area contributed by atoms with Crippen molar-refractivity contribution in [2.45, 2.75) is 44.7 Å². The topological polar surface area (TPSA) is 52.0 Å². The molecule has 0 aliphatic heterocycles. The lowest BCUT2D eigenvalue weighted by Gasteiger charge is -2.21. The van der Waals surface area contributed by atoms with Gasteiger partial charge in [-0.25, -0.2) is 0 Å². The molecule has 4 N–H and O–H groups in total. The van der Waals surface area contributed by atoms with E-state index in [9.17, 15) is 0 Å². The Hall–Kier alpha value is -0.0800. The molecule has 2 heteroatoms. The zero-order chi connectivity index (χ0) is 7.56. The molecular formula is C8H18N2. The van der Waals surface area contributed by atoms with E-state index < -0.39 is 0 Å². The van der Waals surface area contributed by atoms with Gasteiger partial charge in [-0.15, -0.1) is 0 Å². The van der Waals surface area contributed by atoms with Crippen molar-refractivity contribution in [3.8, 4) is 0 Å². The van der Waals surface area contributed by atoms with E-state index in [1.54, 1.807) is 0 Å². The maximum Gasteiger partial charge on any atom is 0.00819 e. The van der Waals surface area contributed by atoms with Crippen LogP contribution in [0.4, 0.5) is 0 Å². The summed E-state index contributed by atoms with van der Waals surface area (Å²) < 4.78 is 0. The van der Waals surface area contributed by atoms with Gasteiger partial charge in [-0.1, -0.05) is 13.3 Å². The number of hydrogen-bond acceptors (Lipinski definition) is 2. The monoisotopic (exact) mass is 142 g/mol. The van der Waals surface area contributed by atoms with Crippen molar-refractivity contribution in [3.05, 3.63) is 0 Å². The third-order valence-electron chi connectivity index (χ3n) is 2.65. The highest BCUT2D eigenvalue weighted by Gasteiger charge is 2.27. The first-order valence-electron chi connectivity index (χ1n) is 4.27. The zero-order valence-electron chi connectivity index (χ0n) is 6.72. The van der Waals surface area contributed by atoms with Crippen molar-refractivity contribution in [1.29, 1.82) is 0 Å². The fraction of sp³-hybridized carbons (Fsp3) is 1.00. The number of hydrogen-bond donors (Lipinski definition) is 2. The number of nitrogens with two attached hydrogens (primary N) is 2. The summed E-state index contributed by atoms with van der Waals surface area (Å²) in [5.41, 5.74) is 11.8. The molecule has 0 aromatic rings. The van der Waals surface area contributed by atoms with E-state index in [0.29, 0.717) is 18.0 Å². The molecule has 0 heterocycles. The van der Waals surface area contributed by atoms with Gasteiger partial charge in [0.1, 0.15) is 0 Å². The second-order valence-corrected chi connectivity index (χ2v) is 3.33. The average Bonchev–Trinajstić information content (AvgIpc) is 2.34. The van der Waals surface area contributed by atoms with Crippen molar-refractivity contribution in [2.75, 3.05) is 0 Å². The third-order valence-corrected chi connectivity index (χ3v) is 2.65. The molecule has 0 amide bonds. The van der Waals surface area contributed by atoms with Gasteiger partial charge in [-0.3, -0.25) is 0 Å². The van der Waals surface area contributed by atoms with Gasteiger partial charge in [-0.05, 0) is 25.2 Å². The Labute approximate surface area is 63.0 Å². The highest BCUT2D eigenvalue weighted by Crippen LogP contribution is 2.26. The molecule has 0 aromatic carbocycles. The predicted octanol–water partition coefficient (Wildman–Crippen LogP) is 0.851. The van der Waals surface area contributed by atoms with Gasteiger partial charge in [0.05, 0.1) is 0 Å². The Morgan fingerprint density at radius 3 is 2.60 bits per heavy atom. The molecule has 1 saturated carbocycles. The van der Waals surface area contributed by atoms with Crippen molar-refractivity contribution < 1.29 is 0 Å². The Balaban J connectivity index is 2.38. The molecular weight excluding hydrogens is 124 g/mol. The van der Waals surface area contributed by atoms with Crippen molar-refractivity contribution >= 4 is 0 Å². The lowest BCUT2D eigenvalue weighted by molar-refractivity contribution is 0.382. The minimum atomic E-state index is 0.345. The van der Waals surface area contributed by atoms with Crippen molar-refractivity contribution in [1.82, 2.24) is 0 Å². The van der Waals surface area contributed by atoms with Crippen molar-refractivity contribution in [2.24, 2.45) is 17.4 Å². The summed E-state index contributed by atoms with van der Waals surface area (Å²) in [5.74, 6) is 0.602. The van der Waals surface area contributed by atoms with Gasteiger partial charge in [0, 0.05) is 12.1 Å². The highest BCUT2D eigenvalue weighted by atomic mass is 14.7. The molecule has 60 valence electrons. The van der Waals surface area contributed by atoms with Crippen LogP contribution in [-0.4, -0.2) is 12.1 Å². The molecule has 1 fully saturated rings. The lowest BCUT2D eigenvalue weighted by Crippen LogP contribution is -2.38. The van der Waals surface area contributed by atoms with Gasteiger partial charge < -0.3 is 11.5 Å². The summed E-state index contributed by atoms with van der Waals surface area (Å²) in [6.07, 6.45) is 4.77. The fourth-order valence-electron chi connectivity index (χ4n) is 1.85. The van der Waals surface area contributed by atoms with Gasteiger partial charge in [-0.2, -0.15) is 0 Å². The first kappa shape index (κ1) is 8.02. The van der Waals surface area contributed by atoms with E-state index in [4.69, 9.17) is 11.5 Å². The smallest absolute Gasteiger partial charge is 0.00819 e. The normalized spacial score (nSPS) is 36.3. The van der Waals surface area contributed by atoms with Crippen LogP contribution in [0.15, 0.2) is 0 Å². The van der Waals surface area contributed by atoms with E-state index in [0.717, 1.165) is 6.42 Å². The first-order valence-corrected chi connectivity index (χ1v) is 4.27. The molecule has 0 aromatic heterocycles. The van der Waals surface area contributed by atoms with Gasteiger partial charge in [0.25, 0.3) is 0 Å². The maximum absolute atomic E-state index is 5.89. The standard InChI is InChI=1S/C8H18N2/c1-2-7(9)6-4-3-5-8(6)10/h6-8H,2-5,9-10H2,1H3/t6?,7-,8+/m1/s1. The largest absolute Gasteiger partial charge is 0.327 e. The molecule has 3 atom stereocenters. The Morgan fingerprint density at radius 1 is 1.50 bits per heavy atom. The van der Waals surface area contributed by atoms with Crippen LogP contribution in [0.1, 0.15) is 32.6 Å². The molecule has 0 bridgehead atoms. The second kappa shape index (κ2) is 3.35. The molecule has 1 rings (SSSR count). The van der Waals surface area contributed by atoms with E-state index in [1.165, 1.54) is 19.3 Å². The summed E-state index contributed by atoms with van der Waals surface area (Å²) in [5, 5.41) is 0. The SMILES string of the molecule is CC[C@@H](N)C1CCC[C@@H]1N. The number of rotatable bonds is 2. The summed E-state index contributed by atoms with van der Waals surface area (Å²) in [4.78, 5) is 0. The maximum atomic E-state index is 5.89. The van der Waals surface area contributed by atoms with Crippen molar-refractivity contribution in [3.63, 3.8) is 0 Å². The predicted molar refractivity (Wildman–Crippen MR) is 43.6 cm³/mol. The summed E-state index contributed by atoms with van der Waals surface area (Å²) in [6.45, 7) is 2.13. The minimum absolute atomic E-state index is 0.345. The molecule has 0 radical (unpaired) electrons. The minimum Gasteiger partial charge on any atom is -0.327 e. The Morgan fingerprint density at radius 2 is 2.20 bits per heavy atom. The fourth-order valence-corrected chi connectivity index (χ4v) is 1.85. The van der Waals surface area contributed by atoms with Crippen LogP contribution in [0, 0.1) is 5.92 Å². The summed E-state index contributed by atoms with van der Waals surface area (Å²) in [7, 11) is 0. The quantitative estimate of drug-likeness (QED) is 0.600. The first-order chi connectivity index (χ1) is 4.75. The van der Waals surface area contributed by atoms with E-state index in [-0.39, 0.29) is 0 Å². The van der Waals surface area contributed by atoms with Crippen LogP contribution in [0.2, 0.25) is 0 Å². The van der Waals surface area contributed by atoms with Crippen LogP contribution in [-0.2, 0) is 0 Å². The lowest BCUT2D eigenvalue weighted by atomic mass is 9.94. The van der Waals surface area contributed by atoms with Crippen LogP contribution in [0.5, 0.6) is 0 Å².